The second-order valence-electron chi connectivity index (χ2n) is 3.68. The third-order valence-electron chi connectivity index (χ3n) is 2.90. The zero-order chi connectivity index (χ0) is 7.03. The van der Waals surface area contributed by atoms with E-state index in [1.807, 2.05) is 0 Å². The lowest BCUT2D eigenvalue weighted by molar-refractivity contribution is -0.00418. The summed E-state index contributed by atoms with van der Waals surface area (Å²) in [5.74, 6) is 0. The molecule has 0 amide bonds. The van der Waals surface area contributed by atoms with Gasteiger partial charge in [0.05, 0.1) is 6.10 Å². The Morgan fingerprint density at radius 1 is 1.40 bits per heavy atom. The van der Waals surface area contributed by atoms with Gasteiger partial charge in [0.15, 0.2) is 0 Å². The highest BCUT2D eigenvalue weighted by Crippen LogP contribution is 2.35. The quantitative estimate of drug-likeness (QED) is 0.536. The average Bonchev–Trinajstić information content (AvgIpc) is 1.85. The zero-order valence-corrected chi connectivity index (χ0v) is 6.23. The van der Waals surface area contributed by atoms with Gasteiger partial charge in [-0.1, -0.05) is 0 Å². The van der Waals surface area contributed by atoms with Gasteiger partial charge in [-0.25, -0.2) is 5.11 Å². The molecule has 2 unspecified atom stereocenters. The van der Waals surface area contributed by atoms with Crippen molar-refractivity contribution in [3.8, 4) is 0 Å². The molecule has 0 aromatic heterocycles. The molecule has 1 heterocycles. The summed E-state index contributed by atoms with van der Waals surface area (Å²) in [5.41, 5.74) is 0.310. The summed E-state index contributed by atoms with van der Waals surface area (Å²) >= 11 is 0. The van der Waals surface area contributed by atoms with Crippen molar-refractivity contribution in [2.24, 2.45) is 0 Å². The maximum absolute atomic E-state index is 11.1. The topological polar surface area (TPSA) is 31.9 Å². The predicted molar refractivity (Wildman–Crippen MR) is 38.3 cm³/mol. The van der Waals surface area contributed by atoms with Gasteiger partial charge in [-0.3, -0.25) is 0 Å². The molecule has 1 aliphatic carbocycles. The normalized spacial score (nSPS) is 47.1. The van der Waals surface area contributed by atoms with Gasteiger partial charge in [-0.05, 0) is 38.6 Å². The zero-order valence-electron chi connectivity index (χ0n) is 6.23. The molecule has 1 saturated carbocycles. The van der Waals surface area contributed by atoms with E-state index in [9.17, 15) is 5.11 Å². The molecular formula is C8H14NO. The second-order valence-corrected chi connectivity index (χ2v) is 3.68. The van der Waals surface area contributed by atoms with Crippen molar-refractivity contribution in [1.29, 1.82) is 0 Å². The molecule has 1 N–H and O–H groups in total. The second kappa shape index (κ2) is 2.21. The van der Waals surface area contributed by atoms with Gasteiger partial charge < -0.3 is 5.32 Å². The smallest absolute Gasteiger partial charge is 0.0947 e. The molecule has 2 atom stereocenters. The van der Waals surface area contributed by atoms with Gasteiger partial charge in [-0.15, -0.1) is 0 Å². The van der Waals surface area contributed by atoms with E-state index in [1.54, 1.807) is 0 Å². The number of hydrogen-bond donors (Lipinski definition) is 1. The molecule has 2 rings (SSSR count). The van der Waals surface area contributed by atoms with E-state index in [0.29, 0.717) is 5.54 Å². The third-order valence-corrected chi connectivity index (χ3v) is 2.90. The van der Waals surface area contributed by atoms with Crippen LogP contribution in [0.1, 0.15) is 32.1 Å². The van der Waals surface area contributed by atoms with E-state index in [1.165, 1.54) is 12.8 Å². The van der Waals surface area contributed by atoms with E-state index in [-0.39, 0.29) is 6.10 Å². The van der Waals surface area contributed by atoms with Crippen molar-refractivity contribution in [2.45, 2.75) is 43.7 Å². The Kier molecular flexibility index (Phi) is 1.46. The van der Waals surface area contributed by atoms with Crippen LogP contribution in [0.2, 0.25) is 0 Å². The maximum atomic E-state index is 11.1. The molecule has 2 heteroatoms. The molecule has 1 saturated heterocycles. The molecule has 10 heavy (non-hydrogen) atoms. The van der Waals surface area contributed by atoms with Crippen LogP contribution in [-0.2, 0) is 5.11 Å². The Labute approximate surface area is 61.6 Å². The maximum Gasteiger partial charge on any atom is 0.0947 e. The third kappa shape index (κ3) is 0.956. The average molecular weight is 140 g/mol. The summed E-state index contributed by atoms with van der Waals surface area (Å²) in [5, 5.41) is 14.5. The fourth-order valence-electron chi connectivity index (χ4n) is 2.17. The molecule has 1 aliphatic heterocycles. The standard InChI is InChI=1S/C8H14NO/c10-7-2-1-3-8(6-7)4-5-9-8/h7,9H,1-6H2. The van der Waals surface area contributed by atoms with Gasteiger partial charge in [-0.2, -0.15) is 0 Å². The monoisotopic (exact) mass is 140 g/mol. The van der Waals surface area contributed by atoms with Crippen LogP contribution in [0.25, 0.3) is 0 Å². The van der Waals surface area contributed by atoms with Crippen LogP contribution in [0.15, 0.2) is 0 Å². The van der Waals surface area contributed by atoms with Crippen molar-refractivity contribution in [3.05, 3.63) is 0 Å². The van der Waals surface area contributed by atoms with Gasteiger partial charge in [0.1, 0.15) is 0 Å². The summed E-state index contributed by atoms with van der Waals surface area (Å²) in [6.07, 6.45) is 5.14. The fraction of sp³-hybridized carbons (Fsp3) is 1.00. The highest BCUT2D eigenvalue weighted by atomic mass is 16.3. The minimum absolute atomic E-state index is 0.276. The largest absolute Gasteiger partial charge is 0.311 e. The number of hydrogen-bond acceptors (Lipinski definition) is 1. The van der Waals surface area contributed by atoms with E-state index >= 15 is 0 Å². The van der Waals surface area contributed by atoms with Crippen molar-refractivity contribution >= 4 is 0 Å². The Morgan fingerprint density at radius 2 is 2.20 bits per heavy atom. The van der Waals surface area contributed by atoms with Crippen LogP contribution in [0.4, 0.5) is 0 Å². The molecule has 2 aliphatic rings. The first kappa shape index (κ1) is 6.62. The van der Waals surface area contributed by atoms with E-state index in [2.05, 4.69) is 5.32 Å². The van der Waals surface area contributed by atoms with Crippen molar-refractivity contribution in [3.63, 3.8) is 0 Å². The van der Waals surface area contributed by atoms with Gasteiger partial charge >= 0.3 is 0 Å². The SMILES string of the molecule is [O]C1CCCC2(CCN2)C1. The van der Waals surface area contributed by atoms with Gasteiger partial charge in [0.2, 0.25) is 0 Å². The Hall–Kier alpha value is -0.0800. The van der Waals surface area contributed by atoms with Crippen LogP contribution in [0, 0.1) is 0 Å². The van der Waals surface area contributed by atoms with E-state index in [0.717, 1.165) is 25.8 Å². The van der Waals surface area contributed by atoms with Gasteiger partial charge in [0, 0.05) is 5.54 Å². The highest BCUT2D eigenvalue weighted by molar-refractivity contribution is 5.00. The Bertz CT molecular complexity index is 131. The molecule has 1 spiro atoms. The lowest BCUT2D eigenvalue weighted by atomic mass is 9.74. The summed E-state index contributed by atoms with van der Waals surface area (Å²) in [6.45, 7) is 1.13. The molecule has 2 fully saturated rings. The Balaban J connectivity index is 1.96. The minimum Gasteiger partial charge on any atom is -0.311 e. The van der Waals surface area contributed by atoms with Crippen molar-refractivity contribution in [2.75, 3.05) is 6.54 Å². The molecule has 2 nitrogen and oxygen atoms in total. The van der Waals surface area contributed by atoms with Gasteiger partial charge in [0.25, 0.3) is 0 Å². The molecule has 0 bridgehead atoms. The fourth-order valence-corrected chi connectivity index (χ4v) is 2.17. The summed E-state index contributed by atoms with van der Waals surface area (Å²) in [6, 6.07) is 0. The predicted octanol–water partition coefficient (Wildman–Crippen LogP) is 1.09. The number of nitrogens with one attached hydrogen (secondary N) is 1. The van der Waals surface area contributed by atoms with Crippen molar-refractivity contribution < 1.29 is 5.11 Å². The molecule has 0 aromatic carbocycles. The molecule has 1 radical (unpaired) electrons. The summed E-state index contributed by atoms with van der Waals surface area (Å²) < 4.78 is 0. The molecule has 57 valence electrons. The molecule has 0 aromatic rings. The first-order valence-corrected chi connectivity index (χ1v) is 4.22. The van der Waals surface area contributed by atoms with Crippen LogP contribution >= 0.6 is 0 Å². The summed E-state index contributed by atoms with van der Waals surface area (Å²) in [4.78, 5) is 0. The first-order chi connectivity index (χ1) is 4.81. The van der Waals surface area contributed by atoms with Crippen molar-refractivity contribution in [1.82, 2.24) is 5.32 Å². The highest BCUT2D eigenvalue weighted by Gasteiger charge is 2.40. The first-order valence-electron chi connectivity index (χ1n) is 4.22. The number of rotatable bonds is 0. The summed E-state index contributed by atoms with van der Waals surface area (Å²) in [7, 11) is 0. The van der Waals surface area contributed by atoms with Crippen LogP contribution in [-0.4, -0.2) is 18.2 Å². The minimum atomic E-state index is -0.276. The Morgan fingerprint density at radius 3 is 2.60 bits per heavy atom. The van der Waals surface area contributed by atoms with Crippen LogP contribution in [0.5, 0.6) is 0 Å². The lowest BCUT2D eigenvalue weighted by Gasteiger charge is -2.47. The van der Waals surface area contributed by atoms with E-state index in [4.69, 9.17) is 0 Å². The van der Waals surface area contributed by atoms with Crippen LogP contribution in [0.3, 0.4) is 0 Å². The lowest BCUT2D eigenvalue weighted by Crippen LogP contribution is -2.59. The van der Waals surface area contributed by atoms with Crippen LogP contribution < -0.4 is 5.32 Å². The van der Waals surface area contributed by atoms with E-state index < -0.39 is 0 Å². The molecular weight excluding hydrogens is 126 g/mol.